The van der Waals surface area contributed by atoms with E-state index < -0.39 is 0 Å². The average Bonchev–Trinajstić information content (AvgIpc) is 2.43. The van der Waals surface area contributed by atoms with Crippen LogP contribution >= 0.6 is 0 Å². The van der Waals surface area contributed by atoms with Gasteiger partial charge in [0.05, 0.1) is 0 Å². The van der Waals surface area contributed by atoms with Crippen LogP contribution in [0.25, 0.3) is 0 Å². The Morgan fingerprint density at radius 2 is 1.58 bits per heavy atom. The van der Waals surface area contributed by atoms with E-state index in [0.29, 0.717) is 0 Å². The molecule has 1 aliphatic carbocycles. The van der Waals surface area contributed by atoms with Gasteiger partial charge in [-0.15, -0.1) is 0 Å². The number of nitrogens with one attached hydrogen (secondary N) is 1. The molecule has 0 radical (unpaired) electrons. The quantitative estimate of drug-likeness (QED) is 0.820. The molecule has 3 aliphatic rings. The van der Waals surface area contributed by atoms with Crippen LogP contribution in [0.1, 0.15) is 71.6 Å². The molecule has 110 valence electrons. The molecule has 1 saturated carbocycles. The van der Waals surface area contributed by atoms with Crippen LogP contribution < -0.4 is 5.32 Å². The molecule has 0 bridgehead atoms. The molecule has 0 aromatic carbocycles. The molecule has 2 saturated heterocycles. The summed E-state index contributed by atoms with van der Waals surface area (Å²) in [6, 6.07) is 3.22. The maximum atomic E-state index is 4.00. The monoisotopic (exact) mass is 264 g/mol. The summed E-state index contributed by atoms with van der Waals surface area (Å²) in [5.41, 5.74) is 0. The number of hydrogen-bond acceptors (Lipinski definition) is 2. The van der Waals surface area contributed by atoms with E-state index in [1.807, 2.05) is 0 Å². The van der Waals surface area contributed by atoms with Gasteiger partial charge in [0.1, 0.15) is 0 Å². The normalized spacial score (nSPS) is 44.8. The van der Waals surface area contributed by atoms with Crippen molar-refractivity contribution in [2.24, 2.45) is 5.92 Å². The molecule has 5 atom stereocenters. The van der Waals surface area contributed by atoms with Crippen LogP contribution in [0.4, 0.5) is 0 Å². The lowest BCUT2D eigenvalue weighted by Crippen LogP contribution is -2.56. The summed E-state index contributed by atoms with van der Waals surface area (Å²) in [7, 11) is 0. The average molecular weight is 264 g/mol. The third-order valence-electron chi connectivity index (χ3n) is 6.05. The number of fused-ring (bicyclic) bond motifs is 1. The minimum Gasteiger partial charge on any atom is -0.310 e. The van der Waals surface area contributed by atoms with E-state index in [4.69, 9.17) is 0 Å². The second kappa shape index (κ2) is 6.13. The lowest BCUT2D eigenvalue weighted by atomic mass is 9.77. The van der Waals surface area contributed by atoms with E-state index in [9.17, 15) is 0 Å². The maximum Gasteiger partial charge on any atom is 0.0198 e. The molecular weight excluding hydrogens is 232 g/mol. The van der Waals surface area contributed by atoms with Crippen molar-refractivity contribution in [3.8, 4) is 0 Å². The summed E-state index contributed by atoms with van der Waals surface area (Å²) in [5.74, 6) is 1.00. The lowest BCUT2D eigenvalue weighted by molar-refractivity contribution is 0.0703. The molecule has 2 heterocycles. The molecule has 0 spiro atoms. The highest BCUT2D eigenvalue weighted by Gasteiger charge is 2.34. The third-order valence-corrected chi connectivity index (χ3v) is 6.05. The van der Waals surface area contributed by atoms with Crippen LogP contribution in [0.3, 0.4) is 0 Å². The highest BCUT2D eigenvalue weighted by Crippen LogP contribution is 2.33. The zero-order valence-corrected chi connectivity index (χ0v) is 12.9. The topological polar surface area (TPSA) is 15.3 Å². The van der Waals surface area contributed by atoms with Crippen LogP contribution in [0.2, 0.25) is 0 Å². The van der Waals surface area contributed by atoms with Crippen LogP contribution in [0, 0.1) is 5.92 Å². The van der Waals surface area contributed by atoms with Crippen LogP contribution in [-0.2, 0) is 0 Å². The van der Waals surface area contributed by atoms with Crippen molar-refractivity contribution in [1.29, 1.82) is 0 Å². The number of rotatable bonds is 2. The summed E-state index contributed by atoms with van der Waals surface area (Å²) >= 11 is 0. The molecule has 1 N–H and O–H groups in total. The van der Waals surface area contributed by atoms with Gasteiger partial charge >= 0.3 is 0 Å². The maximum absolute atomic E-state index is 4.00. The molecule has 19 heavy (non-hydrogen) atoms. The summed E-state index contributed by atoms with van der Waals surface area (Å²) in [4.78, 5) is 2.78. The third kappa shape index (κ3) is 3.16. The zero-order valence-electron chi connectivity index (χ0n) is 12.9. The van der Waals surface area contributed by atoms with Crippen LogP contribution in [0.5, 0.6) is 0 Å². The fourth-order valence-corrected chi connectivity index (χ4v) is 4.81. The molecule has 3 fully saturated rings. The van der Waals surface area contributed by atoms with Gasteiger partial charge in [0.25, 0.3) is 0 Å². The van der Waals surface area contributed by atoms with E-state index in [0.717, 1.165) is 30.1 Å². The van der Waals surface area contributed by atoms with Crippen molar-refractivity contribution < 1.29 is 0 Å². The lowest BCUT2D eigenvalue weighted by Gasteiger charge is -2.45. The second-order valence-electron chi connectivity index (χ2n) is 7.42. The fraction of sp³-hybridized carbons (Fsp3) is 1.00. The number of piperidine rings is 2. The Morgan fingerprint density at radius 3 is 2.37 bits per heavy atom. The van der Waals surface area contributed by atoms with Gasteiger partial charge in [-0.25, -0.2) is 0 Å². The van der Waals surface area contributed by atoms with Crippen LogP contribution in [0.15, 0.2) is 0 Å². The number of nitrogens with zero attached hydrogens (tertiary/aromatic N) is 1. The zero-order chi connectivity index (χ0) is 13.2. The molecular formula is C17H32N2. The Kier molecular flexibility index (Phi) is 4.48. The SMILES string of the molecule is CC1CCCC(C)N1CC1CCC2CCCCC2N1. The van der Waals surface area contributed by atoms with Gasteiger partial charge in [-0.1, -0.05) is 19.3 Å². The molecule has 0 amide bonds. The molecule has 0 aromatic heterocycles. The number of likely N-dealkylation sites (tertiary alicyclic amines) is 1. The van der Waals surface area contributed by atoms with E-state index in [1.165, 1.54) is 64.3 Å². The first-order valence-electron chi connectivity index (χ1n) is 8.76. The predicted octanol–water partition coefficient (Wildman–Crippen LogP) is 3.56. The van der Waals surface area contributed by atoms with Gasteiger partial charge in [0.15, 0.2) is 0 Å². The van der Waals surface area contributed by atoms with Crippen molar-refractivity contribution >= 4 is 0 Å². The van der Waals surface area contributed by atoms with E-state index in [1.54, 1.807) is 0 Å². The van der Waals surface area contributed by atoms with Gasteiger partial charge in [-0.05, 0) is 58.3 Å². The smallest absolute Gasteiger partial charge is 0.0198 e. The summed E-state index contributed by atoms with van der Waals surface area (Å²) in [6.07, 6.45) is 13.0. The first kappa shape index (κ1) is 13.9. The summed E-state index contributed by atoms with van der Waals surface area (Å²) in [5, 5.41) is 4.00. The van der Waals surface area contributed by atoms with Crippen molar-refractivity contribution in [3.63, 3.8) is 0 Å². The minimum atomic E-state index is 0.766. The number of hydrogen-bond donors (Lipinski definition) is 1. The molecule has 2 heteroatoms. The largest absolute Gasteiger partial charge is 0.310 e. The highest BCUT2D eigenvalue weighted by molar-refractivity contribution is 4.92. The minimum absolute atomic E-state index is 0.766. The first-order chi connectivity index (χ1) is 9.24. The molecule has 3 rings (SSSR count). The standard InChI is InChI=1S/C17H32N2/c1-13-6-5-7-14(2)19(13)12-16-11-10-15-8-3-4-9-17(15)18-16/h13-18H,3-12H2,1-2H3. The van der Waals surface area contributed by atoms with Crippen molar-refractivity contribution in [2.75, 3.05) is 6.54 Å². The van der Waals surface area contributed by atoms with Crippen molar-refractivity contribution in [2.45, 2.75) is 95.8 Å². The fourth-order valence-electron chi connectivity index (χ4n) is 4.81. The Balaban J connectivity index is 1.55. The first-order valence-corrected chi connectivity index (χ1v) is 8.76. The summed E-state index contributed by atoms with van der Waals surface area (Å²) < 4.78 is 0. The molecule has 5 unspecified atom stereocenters. The summed E-state index contributed by atoms with van der Waals surface area (Å²) in [6.45, 7) is 6.16. The van der Waals surface area contributed by atoms with Gasteiger partial charge in [-0.3, -0.25) is 4.90 Å². The molecule has 2 nitrogen and oxygen atoms in total. The van der Waals surface area contributed by atoms with E-state index in [-0.39, 0.29) is 0 Å². The van der Waals surface area contributed by atoms with Gasteiger partial charge in [0, 0.05) is 30.7 Å². The van der Waals surface area contributed by atoms with Gasteiger partial charge in [0.2, 0.25) is 0 Å². The Morgan fingerprint density at radius 1 is 0.842 bits per heavy atom. The van der Waals surface area contributed by atoms with Crippen molar-refractivity contribution in [1.82, 2.24) is 10.2 Å². The van der Waals surface area contributed by atoms with E-state index >= 15 is 0 Å². The van der Waals surface area contributed by atoms with Crippen LogP contribution in [-0.4, -0.2) is 35.6 Å². The van der Waals surface area contributed by atoms with Gasteiger partial charge < -0.3 is 5.32 Å². The molecule has 2 aliphatic heterocycles. The Labute approximate surface area is 119 Å². The Hall–Kier alpha value is -0.0800. The molecule has 0 aromatic rings. The van der Waals surface area contributed by atoms with Gasteiger partial charge in [-0.2, -0.15) is 0 Å². The second-order valence-corrected chi connectivity index (χ2v) is 7.42. The highest BCUT2D eigenvalue weighted by atomic mass is 15.2. The van der Waals surface area contributed by atoms with E-state index in [2.05, 4.69) is 24.1 Å². The predicted molar refractivity (Wildman–Crippen MR) is 81.4 cm³/mol. The Bertz CT molecular complexity index is 281. The van der Waals surface area contributed by atoms with Crippen molar-refractivity contribution in [3.05, 3.63) is 0 Å².